The molecule has 0 aromatic heterocycles. The van der Waals surface area contributed by atoms with E-state index >= 15 is 0 Å². The van der Waals surface area contributed by atoms with Crippen LogP contribution in [-0.2, 0) is 14.3 Å². The molecule has 0 atom stereocenters. The van der Waals surface area contributed by atoms with Gasteiger partial charge in [-0.2, -0.15) is 10.5 Å². The van der Waals surface area contributed by atoms with Gasteiger partial charge in [-0.1, -0.05) is 0 Å². The first-order valence-electron chi connectivity index (χ1n) is 9.46. The summed E-state index contributed by atoms with van der Waals surface area (Å²) in [4.78, 5) is 32.5. The van der Waals surface area contributed by atoms with Crippen molar-refractivity contribution in [2.75, 3.05) is 78.7 Å². The van der Waals surface area contributed by atoms with E-state index in [4.69, 9.17) is 15.3 Å². The quantitative estimate of drug-likeness (QED) is 0.542. The Morgan fingerprint density at radius 1 is 0.852 bits per heavy atom. The number of hydrogen-bond acceptors (Lipinski definition) is 7. The summed E-state index contributed by atoms with van der Waals surface area (Å²) < 4.78 is 5.30. The second-order valence-electron chi connectivity index (χ2n) is 6.74. The summed E-state index contributed by atoms with van der Waals surface area (Å²) in [6.07, 6.45) is 0.530. The van der Waals surface area contributed by atoms with Gasteiger partial charge >= 0.3 is 0 Å². The molecule has 0 aromatic rings. The van der Waals surface area contributed by atoms with Gasteiger partial charge in [-0.3, -0.25) is 19.4 Å². The molecule has 2 aliphatic heterocycles. The Morgan fingerprint density at radius 3 is 1.96 bits per heavy atom. The van der Waals surface area contributed by atoms with Crippen LogP contribution in [0.15, 0.2) is 0 Å². The van der Waals surface area contributed by atoms with Crippen LogP contribution in [0.5, 0.6) is 0 Å². The molecule has 148 valence electrons. The third-order valence-electron chi connectivity index (χ3n) is 4.89. The molecule has 0 saturated carbocycles. The van der Waals surface area contributed by atoms with Crippen molar-refractivity contribution in [2.45, 2.75) is 12.8 Å². The van der Waals surface area contributed by atoms with Crippen molar-refractivity contribution in [1.29, 1.82) is 10.5 Å². The second-order valence-corrected chi connectivity index (χ2v) is 6.74. The number of carbonyl (C=O) groups excluding carboxylic acids is 2. The highest BCUT2D eigenvalue weighted by Crippen LogP contribution is 2.06. The van der Waals surface area contributed by atoms with Crippen molar-refractivity contribution in [3.63, 3.8) is 0 Å². The van der Waals surface area contributed by atoms with Crippen LogP contribution in [0.2, 0.25) is 0 Å². The van der Waals surface area contributed by atoms with Gasteiger partial charge in [0, 0.05) is 52.4 Å². The van der Waals surface area contributed by atoms with Crippen LogP contribution < -0.4 is 0 Å². The number of nitriles is 2. The zero-order valence-corrected chi connectivity index (χ0v) is 15.8. The molecule has 2 aliphatic rings. The van der Waals surface area contributed by atoms with Gasteiger partial charge in [0.25, 0.3) is 0 Å². The zero-order valence-electron chi connectivity index (χ0n) is 15.8. The molecule has 0 radical (unpaired) electrons. The molecule has 0 aliphatic carbocycles. The fraction of sp³-hybridized carbons (Fsp3) is 0.778. The predicted molar refractivity (Wildman–Crippen MR) is 97.3 cm³/mol. The van der Waals surface area contributed by atoms with Gasteiger partial charge in [-0.15, -0.1) is 0 Å². The number of piperazine rings is 1. The maximum Gasteiger partial charge on any atom is 0.236 e. The smallest absolute Gasteiger partial charge is 0.236 e. The summed E-state index contributed by atoms with van der Waals surface area (Å²) in [6, 6.07) is 4.08. The van der Waals surface area contributed by atoms with Crippen molar-refractivity contribution < 1.29 is 14.3 Å². The van der Waals surface area contributed by atoms with E-state index in [1.807, 2.05) is 21.9 Å². The SMILES string of the molecule is N#CCCN(CCC#N)C(=O)CN1CCN(C(=O)CN2CCOCC2)CC1. The van der Waals surface area contributed by atoms with E-state index in [0.717, 1.165) is 13.1 Å². The number of nitrogens with zero attached hydrogens (tertiary/aromatic N) is 6. The van der Waals surface area contributed by atoms with Crippen LogP contribution in [0.3, 0.4) is 0 Å². The second kappa shape index (κ2) is 11.5. The highest BCUT2D eigenvalue weighted by molar-refractivity contribution is 5.79. The summed E-state index contributed by atoms with van der Waals surface area (Å²) in [5, 5.41) is 17.5. The number of morpholine rings is 1. The highest BCUT2D eigenvalue weighted by Gasteiger charge is 2.25. The molecule has 2 fully saturated rings. The third-order valence-corrected chi connectivity index (χ3v) is 4.89. The molecule has 2 heterocycles. The van der Waals surface area contributed by atoms with Crippen molar-refractivity contribution in [3.05, 3.63) is 0 Å². The summed E-state index contributed by atoms with van der Waals surface area (Å²) in [7, 11) is 0. The van der Waals surface area contributed by atoms with E-state index in [1.54, 1.807) is 4.90 Å². The number of rotatable bonds is 8. The summed E-state index contributed by atoms with van der Waals surface area (Å²) >= 11 is 0. The van der Waals surface area contributed by atoms with Crippen molar-refractivity contribution >= 4 is 11.8 Å². The van der Waals surface area contributed by atoms with Gasteiger partial charge in [-0.25, -0.2) is 0 Å². The minimum Gasteiger partial charge on any atom is -0.379 e. The lowest BCUT2D eigenvalue weighted by molar-refractivity contribution is -0.136. The summed E-state index contributed by atoms with van der Waals surface area (Å²) in [5.41, 5.74) is 0. The third kappa shape index (κ3) is 7.14. The first kappa shape index (κ1) is 21.1. The molecule has 2 amide bonds. The molecule has 27 heavy (non-hydrogen) atoms. The fourth-order valence-electron chi connectivity index (χ4n) is 3.23. The number of carbonyl (C=O) groups is 2. The minimum atomic E-state index is -0.0615. The van der Waals surface area contributed by atoms with Crippen molar-refractivity contribution in [1.82, 2.24) is 19.6 Å². The topological polar surface area (TPSA) is 104 Å². The average Bonchev–Trinajstić information content (AvgIpc) is 2.69. The lowest BCUT2D eigenvalue weighted by Crippen LogP contribution is -2.54. The van der Waals surface area contributed by atoms with E-state index in [-0.39, 0.29) is 31.2 Å². The standard InChI is InChI=1S/C18H28N6O3/c19-3-1-5-23(6-2-4-20)17(25)15-21-7-9-24(10-8-21)18(26)16-22-11-13-27-14-12-22/h1-2,5-16H2. The van der Waals surface area contributed by atoms with Gasteiger partial charge in [0.15, 0.2) is 0 Å². The van der Waals surface area contributed by atoms with Crippen LogP contribution in [0.1, 0.15) is 12.8 Å². The normalized spacial score (nSPS) is 18.5. The average molecular weight is 376 g/mol. The minimum absolute atomic E-state index is 0.0615. The highest BCUT2D eigenvalue weighted by atomic mass is 16.5. The van der Waals surface area contributed by atoms with E-state index < -0.39 is 0 Å². The summed E-state index contributed by atoms with van der Waals surface area (Å²) in [6.45, 7) is 6.90. The van der Waals surface area contributed by atoms with Crippen LogP contribution >= 0.6 is 0 Å². The lowest BCUT2D eigenvalue weighted by atomic mass is 10.2. The number of ether oxygens (including phenoxy) is 1. The maximum atomic E-state index is 12.5. The molecule has 9 heteroatoms. The Kier molecular flexibility index (Phi) is 8.99. The van der Waals surface area contributed by atoms with Gasteiger partial charge < -0.3 is 14.5 Å². The zero-order chi connectivity index (χ0) is 19.5. The van der Waals surface area contributed by atoms with Crippen LogP contribution in [0.4, 0.5) is 0 Å². The Balaban J connectivity index is 1.73. The molecule has 2 saturated heterocycles. The maximum absolute atomic E-state index is 12.5. The molecule has 0 unspecified atom stereocenters. The van der Waals surface area contributed by atoms with E-state index in [9.17, 15) is 9.59 Å². The van der Waals surface area contributed by atoms with Gasteiger partial charge in [0.05, 0.1) is 51.3 Å². The molecule has 0 bridgehead atoms. The van der Waals surface area contributed by atoms with Crippen LogP contribution in [-0.4, -0.2) is 110 Å². The van der Waals surface area contributed by atoms with Gasteiger partial charge in [0.1, 0.15) is 0 Å². The largest absolute Gasteiger partial charge is 0.379 e. The van der Waals surface area contributed by atoms with Crippen LogP contribution in [0.25, 0.3) is 0 Å². The summed E-state index contributed by atoms with van der Waals surface area (Å²) in [5.74, 6) is 0.0705. The first-order chi connectivity index (χ1) is 13.1. The van der Waals surface area contributed by atoms with E-state index in [0.29, 0.717) is 59.0 Å². The Labute approximate surface area is 160 Å². The molecular weight excluding hydrogens is 348 g/mol. The molecule has 0 N–H and O–H groups in total. The van der Waals surface area contributed by atoms with Crippen molar-refractivity contribution in [2.24, 2.45) is 0 Å². The van der Waals surface area contributed by atoms with E-state index in [2.05, 4.69) is 4.90 Å². The molecular formula is C18H28N6O3. The molecule has 0 aromatic carbocycles. The number of amides is 2. The molecule has 9 nitrogen and oxygen atoms in total. The lowest BCUT2D eigenvalue weighted by Gasteiger charge is -2.36. The van der Waals surface area contributed by atoms with Gasteiger partial charge in [0.2, 0.25) is 11.8 Å². The first-order valence-corrected chi connectivity index (χ1v) is 9.46. The van der Waals surface area contributed by atoms with E-state index in [1.165, 1.54) is 0 Å². The Bertz CT molecular complexity index is 553. The predicted octanol–water partition coefficient (Wildman–Crippen LogP) is -0.881. The fourth-order valence-corrected chi connectivity index (χ4v) is 3.23. The molecule has 0 spiro atoms. The Hall–Kier alpha value is -2.20. The van der Waals surface area contributed by atoms with Crippen molar-refractivity contribution in [3.8, 4) is 12.1 Å². The number of hydrogen-bond donors (Lipinski definition) is 0. The van der Waals surface area contributed by atoms with Crippen LogP contribution in [0, 0.1) is 22.7 Å². The van der Waals surface area contributed by atoms with Gasteiger partial charge in [-0.05, 0) is 0 Å². The monoisotopic (exact) mass is 376 g/mol. The molecule has 2 rings (SSSR count). The Morgan fingerprint density at radius 2 is 1.41 bits per heavy atom.